The monoisotopic (exact) mass is 256 g/mol. The zero-order valence-corrected chi connectivity index (χ0v) is 10.8. The third-order valence-electron chi connectivity index (χ3n) is 3.10. The standard InChI is InChI=1S/C15H16N2O2/c1-11-13(3-2-6-16-11)17-10-12-4-5-14-15(9-12)19-8-7-18-14/h2-6,9,17H,7-8,10H2,1H3. The summed E-state index contributed by atoms with van der Waals surface area (Å²) in [6.07, 6.45) is 1.80. The van der Waals surface area contributed by atoms with Gasteiger partial charge in [0, 0.05) is 12.7 Å². The van der Waals surface area contributed by atoms with E-state index in [0.717, 1.165) is 35.0 Å². The van der Waals surface area contributed by atoms with Crippen LogP contribution in [0.15, 0.2) is 36.5 Å². The van der Waals surface area contributed by atoms with Gasteiger partial charge in [-0.3, -0.25) is 4.98 Å². The molecule has 4 heteroatoms. The number of pyridine rings is 1. The molecule has 19 heavy (non-hydrogen) atoms. The molecule has 2 heterocycles. The van der Waals surface area contributed by atoms with E-state index < -0.39 is 0 Å². The van der Waals surface area contributed by atoms with Crippen molar-refractivity contribution in [1.29, 1.82) is 0 Å². The lowest BCUT2D eigenvalue weighted by Crippen LogP contribution is -2.15. The fraction of sp³-hybridized carbons (Fsp3) is 0.267. The molecule has 0 unspecified atom stereocenters. The summed E-state index contributed by atoms with van der Waals surface area (Å²) in [6.45, 7) is 3.97. The highest BCUT2D eigenvalue weighted by molar-refractivity contribution is 5.49. The zero-order chi connectivity index (χ0) is 13.1. The summed E-state index contributed by atoms with van der Waals surface area (Å²) in [4.78, 5) is 4.25. The first-order valence-electron chi connectivity index (χ1n) is 6.37. The number of nitrogens with one attached hydrogen (secondary N) is 1. The van der Waals surface area contributed by atoms with Gasteiger partial charge in [0.1, 0.15) is 13.2 Å². The Labute approximate surface area is 112 Å². The Morgan fingerprint density at radius 1 is 1.16 bits per heavy atom. The number of rotatable bonds is 3. The molecule has 0 saturated carbocycles. The number of hydrogen-bond donors (Lipinski definition) is 1. The van der Waals surface area contributed by atoms with Crippen molar-refractivity contribution in [3.05, 3.63) is 47.8 Å². The van der Waals surface area contributed by atoms with Crippen molar-refractivity contribution in [3.8, 4) is 11.5 Å². The minimum absolute atomic E-state index is 0.617. The molecule has 0 bridgehead atoms. The van der Waals surface area contributed by atoms with Gasteiger partial charge in [-0.15, -0.1) is 0 Å². The Hall–Kier alpha value is -2.23. The van der Waals surface area contributed by atoms with Gasteiger partial charge in [-0.05, 0) is 36.8 Å². The summed E-state index contributed by atoms with van der Waals surface area (Å²) in [5, 5.41) is 3.38. The Balaban J connectivity index is 1.72. The molecule has 0 fully saturated rings. The summed E-state index contributed by atoms with van der Waals surface area (Å²) in [5.41, 5.74) is 3.21. The smallest absolute Gasteiger partial charge is 0.161 e. The molecule has 2 aromatic rings. The lowest BCUT2D eigenvalue weighted by molar-refractivity contribution is 0.171. The summed E-state index contributed by atoms with van der Waals surface area (Å²) in [7, 11) is 0. The van der Waals surface area contributed by atoms with Crippen LogP contribution in [0.5, 0.6) is 11.5 Å². The van der Waals surface area contributed by atoms with Crippen molar-refractivity contribution in [2.75, 3.05) is 18.5 Å². The molecule has 1 aromatic carbocycles. The number of fused-ring (bicyclic) bond motifs is 1. The van der Waals surface area contributed by atoms with Crippen molar-refractivity contribution < 1.29 is 9.47 Å². The van der Waals surface area contributed by atoms with Gasteiger partial charge >= 0.3 is 0 Å². The van der Waals surface area contributed by atoms with Gasteiger partial charge in [-0.2, -0.15) is 0 Å². The fourth-order valence-electron chi connectivity index (χ4n) is 2.07. The second kappa shape index (κ2) is 5.18. The van der Waals surface area contributed by atoms with Crippen molar-refractivity contribution in [2.45, 2.75) is 13.5 Å². The SMILES string of the molecule is Cc1ncccc1NCc1ccc2c(c1)OCCO2. The van der Waals surface area contributed by atoms with Gasteiger partial charge in [-0.25, -0.2) is 0 Å². The minimum Gasteiger partial charge on any atom is -0.486 e. The fourth-order valence-corrected chi connectivity index (χ4v) is 2.07. The van der Waals surface area contributed by atoms with E-state index in [2.05, 4.69) is 10.3 Å². The maximum Gasteiger partial charge on any atom is 0.161 e. The lowest BCUT2D eigenvalue weighted by Gasteiger charge is -2.19. The summed E-state index contributed by atoms with van der Waals surface area (Å²) in [5.74, 6) is 1.65. The van der Waals surface area contributed by atoms with E-state index in [4.69, 9.17) is 9.47 Å². The number of ether oxygens (including phenoxy) is 2. The summed E-state index contributed by atoms with van der Waals surface area (Å²) >= 11 is 0. The van der Waals surface area contributed by atoms with Crippen molar-refractivity contribution in [1.82, 2.24) is 4.98 Å². The molecule has 1 aliphatic heterocycles. The van der Waals surface area contributed by atoms with Crippen LogP contribution in [0, 0.1) is 6.92 Å². The molecule has 0 amide bonds. The van der Waals surface area contributed by atoms with E-state index in [0.29, 0.717) is 13.2 Å². The van der Waals surface area contributed by atoms with E-state index in [-0.39, 0.29) is 0 Å². The second-order valence-electron chi connectivity index (χ2n) is 4.47. The molecule has 0 aliphatic carbocycles. The normalized spacial score (nSPS) is 13.1. The molecule has 0 radical (unpaired) electrons. The Morgan fingerprint density at radius 2 is 2.00 bits per heavy atom. The van der Waals surface area contributed by atoms with Crippen LogP contribution in [0.25, 0.3) is 0 Å². The largest absolute Gasteiger partial charge is 0.486 e. The maximum atomic E-state index is 5.57. The van der Waals surface area contributed by atoms with E-state index in [1.807, 2.05) is 37.3 Å². The minimum atomic E-state index is 0.617. The number of aromatic nitrogens is 1. The molecule has 0 saturated heterocycles. The maximum absolute atomic E-state index is 5.57. The Bertz CT molecular complexity index is 584. The lowest BCUT2D eigenvalue weighted by atomic mass is 10.2. The summed E-state index contributed by atoms with van der Waals surface area (Å²) < 4.78 is 11.1. The van der Waals surface area contributed by atoms with E-state index >= 15 is 0 Å². The zero-order valence-electron chi connectivity index (χ0n) is 10.8. The van der Waals surface area contributed by atoms with Crippen LogP contribution in [0.1, 0.15) is 11.3 Å². The van der Waals surface area contributed by atoms with Crippen molar-refractivity contribution >= 4 is 5.69 Å². The highest BCUT2D eigenvalue weighted by Gasteiger charge is 2.11. The third kappa shape index (κ3) is 2.62. The molecule has 4 nitrogen and oxygen atoms in total. The van der Waals surface area contributed by atoms with Crippen LogP contribution >= 0.6 is 0 Å². The van der Waals surface area contributed by atoms with Crippen molar-refractivity contribution in [2.24, 2.45) is 0 Å². The van der Waals surface area contributed by atoms with Crippen LogP contribution in [-0.2, 0) is 6.54 Å². The van der Waals surface area contributed by atoms with Gasteiger partial charge in [0.25, 0.3) is 0 Å². The average Bonchev–Trinajstić information content (AvgIpc) is 2.46. The Kier molecular flexibility index (Phi) is 3.23. The van der Waals surface area contributed by atoms with Crippen LogP contribution in [0.3, 0.4) is 0 Å². The molecule has 1 N–H and O–H groups in total. The quantitative estimate of drug-likeness (QED) is 0.917. The number of nitrogens with zero attached hydrogens (tertiary/aromatic N) is 1. The molecular formula is C15H16N2O2. The van der Waals surface area contributed by atoms with E-state index in [9.17, 15) is 0 Å². The first-order chi connectivity index (χ1) is 9.33. The van der Waals surface area contributed by atoms with Gasteiger partial charge in [0.15, 0.2) is 11.5 Å². The van der Waals surface area contributed by atoms with Crippen LogP contribution in [0.4, 0.5) is 5.69 Å². The van der Waals surface area contributed by atoms with Crippen LogP contribution in [-0.4, -0.2) is 18.2 Å². The molecule has 1 aromatic heterocycles. The molecule has 0 spiro atoms. The second-order valence-corrected chi connectivity index (χ2v) is 4.47. The van der Waals surface area contributed by atoms with Gasteiger partial charge in [0.2, 0.25) is 0 Å². The molecular weight excluding hydrogens is 240 g/mol. The van der Waals surface area contributed by atoms with Crippen LogP contribution in [0.2, 0.25) is 0 Å². The van der Waals surface area contributed by atoms with E-state index in [1.54, 1.807) is 6.20 Å². The van der Waals surface area contributed by atoms with Crippen molar-refractivity contribution in [3.63, 3.8) is 0 Å². The first-order valence-corrected chi connectivity index (χ1v) is 6.37. The number of anilines is 1. The molecule has 3 rings (SSSR count). The molecule has 0 atom stereocenters. The highest BCUT2D eigenvalue weighted by atomic mass is 16.6. The predicted octanol–water partition coefficient (Wildman–Crippen LogP) is 2.77. The van der Waals surface area contributed by atoms with Crippen LogP contribution < -0.4 is 14.8 Å². The number of benzene rings is 1. The van der Waals surface area contributed by atoms with Gasteiger partial charge in [-0.1, -0.05) is 6.07 Å². The number of aryl methyl sites for hydroxylation is 1. The third-order valence-corrected chi connectivity index (χ3v) is 3.10. The summed E-state index contributed by atoms with van der Waals surface area (Å²) in [6, 6.07) is 9.99. The van der Waals surface area contributed by atoms with Gasteiger partial charge < -0.3 is 14.8 Å². The number of hydrogen-bond acceptors (Lipinski definition) is 4. The highest BCUT2D eigenvalue weighted by Crippen LogP contribution is 2.30. The molecule has 98 valence electrons. The average molecular weight is 256 g/mol. The predicted molar refractivity (Wildman–Crippen MR) is 73.7 cm³/mol. The van der Waals surface area contributed by atoms with E-state index in [1.165, 1.54) is 0 Å². The topological polar surface area (TPSA) is 43.4 Å². The molecule has 1 aliphatic rings. The van der Waals surface area contributed by atoms with Gasteiger partial charge in [0.05, 0.1) is 11.4 Å². The first kappa shape index (κ1) is 11.8. The Morgan fingerprint density at radius 3 is 2.84 bits per heavy atom.